The Morgan fingerprint density at radius 3 is 2.76 bits per heavy atom. The SMILES string of the molecule is CCN(CC)CCCCNc1cn[nH]c(=S)n1. The van der Waals surface area contributed by atoms with Gasteiger partial charge in [0.05, 0.1) is 6.20 Å². The van der Waals surface area contributed by atoms with Crippen LogP contribution in [-0.2, 0) is 0 Å². The molecule has 0 amide bonds. The zero-order chi connectivity index (χ0) is 12.5. The van der Waals surface area contributed by atoms with Gasteiger partial charge in [-0.1, -0.05) is 13.8 Å². The highest BCUT2D eigenvalue weighted by Gasteiger charge is 1.98. The molecule has 0 bridgehead atoms. The van der Waals surface area contributed by atoms with Gasteiger partial charge >= 0.3 is 0 Å². The van der Waals surface area contributed by atoms with Crippen LogP contribution >= 0.6 is 12.2 Å². The molecule has 0 fully saturated rings. The molecule has 1 heterocycles. The molecule has 2 N–H and O–H groups in total. The van der Waals surface area contributed by atoms with Gasteiger partial charge in [-0.05, 0) is 44.7 Å². The molecule has 17 heavy (non-hydrogen) atoms. The molecular weight excluding hydrogens is 234 g/mol. The van der Waals surface area contributed by atoms with E-state index in [9.17, 15) is 0 Å². The first-order valence-electron chi connectivity index (χ1n) is 6.14. The monoisotopic (exact) mass is 255 g/mol. The second kappa shape index (κ2) is 8.14. The third-order valence-electron chi connectivity index (χ3n) is 2.67. The van der Waals surface area contributed by atoms with Gasteiger partial charge in [0.25, 0.3) is 0 Å². The van der Waals surface area contributed by atoms with Crippen LogP contribution in [0.25, 0.3) is 0 Å². The second-order valence-electron chi connectivity index (χ2n) is 3.83. The van der Waals surface area contributed by atoms with Gasteiger partial charge in [0, 0.05) is 6.54 Å². The number of hydrogen-bond acceptors (Lipinski definition) is 5. The van der Waals surface area contributed by atoms with E-state index in [1.807, 2.05) is 0 Å². The zero-order valence-electron chi connectivity index (χ0n) is 10.6. The van der Waals surface area contributed by atoms with Crippen molar-refractivity contribution in [2.75, 3.05) is 31.5 Å². The Hall–Kier alpha value is -1.01. The van der Waals surface area contributed by atoms with Gasteiger partial charge in [-0.2, -0.15) is 5.10 Å². The summed E-state index contributed by atoms with van der Waals surface area (Å²) in [7, 11) is 0. The highest BCUT2D eigenvalue weighted by Crippen LogP contribution is 1.99. The summed E-state index contributed by atoms with van der Waals surface area (Å²) in [6, 6.07) is 0. The fourth-order valence-electron chi connectivity index (χ4n) is 1.61. The predicted octanol–water partition coefficient (Wildman–Crippen LogP) is 2.07. The van der Waals surface area contributed by atoms with E-state index in [1.54, 1.807) is 6.20 Å². The van der Waals surface area contributed by atoms with E-state index in [4.69, 9.17) is 12.2 Å². The molecule has 0 aliphatic carbocycles. The molecule has 0 unspecified atom stereocenters. The number of anilines is 1. The van der Waals surface area contributed by atoms with Gasteiger partial charge in [0.15, 0.2) is 0 Å². The van der Waals surface area contributed by atoms with Gasteiger partial charge in [-0.3, -0.25) is 5.10 Å². The Bertz CT molecular complexity index is 361. The number of aromatic amines is 1. The number of nitrogens with one attached hydrogen (secondary N) is 2. The van der Waals surface area contributed by atoms with Crippen molar-refractivity contribution in [1.29, 1.82) is 0 Å². The summed E-state index contributed by atoms with van der Waals surface area (Å²) >= 11 is 4.89. The lowest BCUT2D eigenvalue weighted by Gasteiger charge is -2.17. The predicted molar refractivity (Wildman–Crippen MR) is 72.7 cm³/mol. The summed E-state index contributed by atoms with van der Waals surface area (Å²) in [5.41, 5.74) is 0. The molecule has 0 atom stereocenters. The Kier molecular flexibility index (Phi) is 6.73. The van der Waals surface area contributed by atoms with Crippen molar-refractivity contribution in [3.05, 3.63) is 11.0 Å². The van der Waals surface area contributed by atoms with Crippen LogP contribution in [0.5, 0.6) is 0 Å². The molecule has 0 saturated carbocycles. The van der Waals surface area contributed by atoms with Gasteiger partial charge in [0.2, 0.25) is 4.77 Å². The standard InChI is InChI=1S/C11H21N5S/c1-3-16(4-2)8-6-5-7-12-10-9-13-15-11(17)14-10/h9H,3-8H2,1-2H3,(H2,12,14,15,17). The Balaban J connectivity index is 2.14. The maximum absolute atomic E-state index is 4.89. The second-order valence-corrected chi connectivity index (χ2v) is 4.22. The number of aromatic nitrogens is 3. The van der Waals surface area contributed by atoms with Crippen molar-refractivity contribution in [3.63, 3.8) is 0 Å². The van der Waals surface area contributed by atoms with Crippen LogP contribution in [0.15, 0.2) is 6.20 Å². The molecule has 1 aromatic heterocycles. The van der Waals surface area contributed by atoms with E-state index >= 15 is 0 Å². The Morgan fingerprint density at radius 1 is 1.35 bits per heavy atom. The van der Waals surface area contributed by atoms with Crippen LogP contribution in [0, 0.1) is 4.77 Å². The first-order valence-corrected chi connectivity index (χ1v) is 6.55. The molecule has 0 saturated heterocycles. The molecule has 0 aliphatic heterocycles. The lowest BCUT2D eigenvalue weighted by Crippen LogP contribution is -2.24. The lowest BCUT2D eigenvalue weighted by molar-refractivity contribution is 0.298. The van der Waals surface area contributed by atoms with Crippen LogP contribution in [0.2, 0.25) is 0 Å². The van der Waals surface area contributed by atoms with Crippen LogP contribution in [-0.4, -0.2) is 46.3 Å². The molecule has 1 aromatic rings. The number of H-pyrrole nitrogens is 1. The molecular formula is C11H21N5S. The molecule has 0 radical (unpaired) electrons. The van der Waals surface area contributed by atoms with E-state index in [-0.39, 0.29) is 0 Å². The summed E-state index contributed by atoms with van der Waals surface area (Å²) in [6.45, 7) is 8.72. The van der Waals surface area contributed by atoms with E-state index in [0.717, 1.165) is 38.4 Å². The topological polar surface area (TPSA) is 56.8 Å². The van der Waals surface area contributed by atoms with Crippen LogP contribution in [0.3, 0.4) is 0 Å². The van der Waals surface area contributed by atoms with E-state index in [0.29, 0.717) is 4.77 Å². The minimum atomic E-state index is 0.415. The summed E-state index contributed by atoms with van der Waals surface area (Å²) in [5.74, 6) is 0.747. The molecule has 6 heteroatoms. The van der Waals surface area contributed by atoms with E-state index < -0.39 is 0 Å². The average molecular weight is 255 g/mol. The number of unbranched alkanes of at least 4 members (excludes halogenated alkanes) is 1. The van der Waals surface area contributed by atoms with Crippen LogP contribution < -0.4 is 5.32 Å². The third-order valence-corrected chi connectivity index (χ3v) is 2.85. The maximum atomic E-state index is 4.89. The van der Waals surface area contributed by atoms with E-state index in [1.165, 1.54) is 6.42 Å². The van der Waals surface area contributed by atoms with Crippen molar-refractivity contribution in [1.82, 2.24) is 20.1 Å². The zero-order valence-corrected chi connectivity index (χ0v) is 11.4. The maximum Gasteiger partial charge on any atom is 0.215 e. The van der Waals surface area contributed by atoms with Gasteiger partial charge in [0.1, 0.15) is 5.82 Å². The highest BCUT2D eigenvalue weighted by molar-refractivity contribution is 7.71. The van der Waals surface area contributed by atoms with Gasteiger partial charge in [-0.15, -0.1) is 0 Å². The Morgan fingerprint density at radius 2 is 2.12 bits per heavy atom. The smallest absolute Gasteiger partial charge is 0.215 e. The first kappa shape index (κ1) is 14.1. The normalized spacial score (nSPS) is 10.8. The van der Waals surface area contributed by atoms with Crippen LogP contribution in [0.1, 0.15) is 26.7 Å². The average Bonchev–Trinajstić information content (AvgIpc) is 2.34. The minimum Gasteiger partial charge on any atom is -0.369 e. The van der Waals surface area contributed by atoms with Gasteiger partial charge in [-0.25, -0.2) is 4.98 Å². The summed E-state index contributed by atoms with van der Waals surface area (Å²) < 4.78 is 0.415. The quantitative estimate of drug-likeness (QED) is 0.550. The van der Waals surface area contributed by atoms with Crippen LogP contribution in [0.4, 0.5) is 5.82 Å². The largest absolute Gasteiger partial charge is 0.369 e. The van der Waals surface area contributed by atoms with Crippen molar-refractivity contribution >= 4 is 18.0 Å². The molecule has 0 aliphatic rings. The molecule has 96 valence electrons. The summed E-state index contributed by atoms with van der Waals surface area (Å²) in [5, 5.41) is 9.70. The fourth-order valence-corrected chi connectivity index (χ4v) is 1.76. The number of nitrogens with zero attached hydrogens (tertiary/aromatic N) is 3. The van der Waals surface area contributed by atoms with Crippen molar-refractivity contribution in [3.8, 4) is 0 Å². The summed E-state index contributed by atoms with van der Waals surface area (Å²) in [6.07, 6.45) is 3.98. The van der Waals surface area contributed by atoms with Crippen molar-refractivity contribution in [2.24, 2.45) is 0 Å². The summed E-state index contributed by atoms with van der Waals surface area (Å²) in [4.78, 5) is 6.54. The Labute approximate surface area is 108 Å². The lowest BCUT2D eigenvalue weighted by atomic mass is 10.3. The number of rotatable bonds is 8. The number of hydrogen-bond donors (Lipinski definition) is 2. The first-order chi connectivity index (χ1) is 8.26. The highest BCUT2D eigenvalue weighted by atomic mass is 32.1. The van der Waals surface area contributed by atoms with E-state index in [2.05, 4.69) is 39.2 Å². The fraction of sp³-hybridized carbons (Fsp3) is 0.727. The van der Waals surface area contributed by atoms with Crippen molar-refractivity contribution < 1.29 is 0 Å². The third kappa shape index (κ3) is 5.74. The minimum absolute atomic E-state index is 0.415. The molecule has 1 rings (SSSR count). The van der Waals surface area contributed by atoms with Crippen molar-refractivity contribution in [2.45, 2.75) is 26.7 Å². The molecule has 5 nitrogen and oxygen atoms in total. The van der Waals surface area contributed by atoms with Gasteiger partial charge < -0.3 is 10.2 Å². The molecule has 0 spiro atoms. The molecule has 0 aromatic carbocycles.